The molecule has 0 spiro atoms. The minimum absolute atomic E-state index is 0.0261. The predicted molar refractivity (Wildman–Crippen MR) is 109 cm³/mol. The first-order valence-corrected chi connectivity index (χ1v) is 9.66. The minimum Gasteiger partial charge on any atom is -0.368 e. The third-order valence-electron chi connectivity index (χ3n) is 5.18. The zero-order valence-corrected chi connectivity index (χ0v) is 16.1. The highest BCUT2D eigenvalue weighted by atomic mass is 19.2. The van der Waals surface area contributed by atoms with Crippen LogP contribution in [0.5, 0.6) is 0 Å². The Labute approximate surface area is 168 Å². The Bertz CT molecular complexity index is 1050. The fraction of sp³-hybridized carbons (Fsp3) is 0.200. The molecular formula is C25H21F3O. The molecule has 1 saturated heterocycles. The fourth-order valence-electron chi connectivity index (χ4n) is 3.44. The molecule has 3 aromatic carbocycles. The maximum atomic E-state index is 14.4. The van der Waals surface area contributed by atoms with Crippen molar-refractivity contribution in [2.24, 2.45) is 0 Å². The van der Waals surface area contributed by atoms with Crippen LogP contribution < -0.4 is 0 Å². The van der Waals surface area contributed by atoms with Crippen molar-refractivity contribution in [2.45, 2.75) is 25.9 Å². The molecule has 0 aromatic heterocycles. The molecule has 1 atom stereocenters. The normalized spacial score (nSPS) is 15.8. The number of hydrogen-bond donors (Lipinski definition) is 0. The van der Waals surface area contributed by atoms with Gasteiger partial charge < -0.3 is 4.74 Å². The summed E-state index contributed by atoms with van der Waals surface area (Å²) in [5.74, 6) is -1.88. The lowest BCUT2D eigenvalue weighted by molar-refractivity contribution is 0.415. The van der Waals surface area contributed by atoms with Gasteiger partial charge in [0, 0.05) is 11.1 Å². The third kappa shape index (κ3) is 4.28. The number of epoxide rings is 1. The molecule has 1 nitrogen and oxygen atoms in total. The highest BCUT2D eigenvalue weighted by Crippen LogP contribution is 2.33. The molecule has 4 heteroatoms. The topological polar surface area (TPSA) is 12.5 Å². The lowest BCUT2D eigenvalue weighted by atomic mass is 9.98. The van der Waals surface area contributed by atoms with Crippen molar-refractivity contribution in [2.75, 3.05) is 6.61 Å². The molecule has 3 aromatic rings. The van der Waals surface area contributed by atoms with E-state index in [0.29, 0.717) is 30.6 Å². The van der Waals surface area contributed by atoms with Gasteiger partial charge in [-0.05, 0) is 48.1 Å². The van der Waals surface area contributed by atoms with Crippen LogP contribution in [0.4, 0.5) is 13.2 Å². The van der Waals surface area contributed by atoms with Crippen molar-refractivity contribution < 1.29 is 17.9 Å². The van der Waals surface area contributed by atoms with E-state index in [1.807, 2.05) is 30.3 Å². The summed E-state index contributed by atoms with van der Waals surface area (Å²) in [7, 11) is 0. The molecule has 0 N–H and O–H groups in total. The predicted octanol–water partition coefficient (Wildman–Crippen LogP) is 6.66. The minimum atomic E-state index is -0.813. The van der Waals surface area contributed by atoms with E-state index in [1.54, 1.807) is 37.3 Å². The van der Waals surface area contributed by atoms with E-state index in [9.17, 15) is 13.2 Å². The lowest BCUT2D eigenvalue weighted by Gasteiger charge is -2.09. The average Bonchev–Trinajstić information content (AvgIpc) is 3.57. The van der Waals surface area contributed by atoms with Crippen molar-refractivity contribution in [3.8, 4) is 11.1 Å². The van der Waals surface area contributed by atoms with Gasteiger partial charge in [0.25, 0.3) is 0 Å². The summed E-state index contributed by atoms with van der Waals surface area (Å²) in [6.45, 7) is 2.41. The molecule has 29 heavy (non-hydrogen) atoms. The van der Waals surface area contributed by atoms with Gasteiger partial charge in [0.1, 0.15) is 11.9 Å². The Hall–Kier alpha value is -2.85. The first-order chi connectivity index (χ1) is 14.1. The zero-order valence-electron chi connectivity index (χ0n) is 16.1. The standard InChI is InChI=1S/C25H21F3O/c1-2-3-18-10-11-19(25(28)24(18)27)9-6-16-4-7-17(8-5-16)21-13-12-20(14-22(21)26)23-15-29-23/h2-5,7-8,10-14,23H,6,9,15H2,1H3/b3-2+. The number of aryl methyl sites for hydroxylation is 2. The van der Waals surface area contributed by atoms with E-state index in [-0.39, 0.29) is 17.5 Å². The summed E-state index contributed by atoms with van der Waals surface area (Å²) in [5.41, 5.74) is 3.76. The van der Waals surface area contributed by atoms with E-state index >= 15 is 0 Å². The highest BCUT2D eigenvalue weighted by molar-refractivity contribution is 5.65. The van der Waals surface area contributed by atoms with Crippen LogP contribution in [0.1, 0.15) is 35.3 Å². The Morgan fingerprint density at radius 3 is 2.34 bits per heavy atom. The van der Waals surface area contributed by atoms with E-state index in [1.165, 1.54) is 6.07 Å². The van der Waals surface area contributed by atoms with Crippen molar-refractivity contribution in [3.63, 3.8) is 0 Å². The summed E-state index contributed by atoms with van der Waals surface area (Å²) in [6.07, 6.45) is 4.21. The molecule has 1 fully saturated rings. The Morgan fingerprint density at radius 2 is 1.69 bits per heavy atom. The van der Waals surface area contributed by atoms with E-state index in [4.69, 9.17) is 4.74 Å². The number of hydrogen-bond acceptors (Lipinski definition) is 1. The summed E-state index contributed by atoms with van der Waals surface area (Å²) in [4.78, 5) is 0. The van der Waals surface area contributed by atoms with Crippen molar-refractivity contribution >= 4 is 6.08 Å². The molecule has 4 rings (SSSR count). The smallest absolute Gasteiger partial charge is 0.166 e. The van der Waals surface area contributed by atoms with Gasteiger partial charge in [-0.3, -0.25) is 0 Å². The second-order valence-electron chi connectivity index (χ2n) is 7.20. The maximum Gasteiger partial charge on any atom is 0.166 e. The van der Waals surface area contributed by atoms with Gasteiger partial charge >= 0.3 is 0 Å². The quantitative estimate of drug-likeness (QED) is 0.426. The number of halogens is 3. The average molecular weight is 394 g/mol. The Balaban J connectivity index is 1.46. The number of ether oxygens (including phenoxy) is 1. The van der Waals surface area contributed by atoms with Gasteiger partial charge in [0.15, 0.2) is 11.6 Å². The maximum absolute atomic E-state index is 14.4. The van der Waals surface area contributed by atoms with E-state index < -0.39 is 11.6 Å². The SMILES string of the molecule is C/C=C/c1ccc(CCc2ccc(-c3ccc(C4CO4)cc3F)cc2)c(F)c1F. The molecule has 0 bridgehead atoms. The molecule has 1 aliphatic heterocycles. The molecule has 148 valence electrons. The van der Waals surface area contributed by atoms with Crippen molar-refractivity contribution in [3.05, 3.63) is 100 Å². The van der Waals surface area contributed by atoms with Crippen LogP contribution >= 0.6 is 0 Å². The molecule has 1 aliphatic rings. The lowest BCUT2D eigenvalue weighted by Crippen LogP contribution is -1.99. The van der Waals surface area contributed by atoms with Crippen molar-refractivity contribution in [1.82, 2.24) is 0 Å². The number of allylic oxidation sites excluding steroid dienone is 1. The Kier molecular flexibility index (Phi) is 5.54. The number of rotatable bonds is 6. The van der Waals surface area contributed by atoms with Gasteiger partial charge in [-0.15, -0.1) is 0 Å². The van der Waals surface area contributed by atoms with Crippen LogP contribution in [0.2, 0.25) is 0 Å². The monoisotopic (exact) mass is 394 g/mol. The van der Waals surface area contributed by atoms with Crippen LogP contribution in [0.25, 0.3) is 17.2 Å². The molecular weight excluding hydrogens is 373 g/mol. The van der Waals surface area contributed by atoms with E-state index in [2.05, 4.69) is 0 Å². The van der Waals surface area contributed by atoms with Gasteiger partial charge in [-0.25, -0.2) is 13.2 Å². The van der Waals surface area contributed by atoms with Gasteiger partial charge in [0.05, 0.1) is 6.61 Å². The zero-order chi connectivity index (χ0) is 20.4. The number of benzene rings is 3. The van der Waals surface area contributed by atoms with Gasteiger partial charge in [-0.1, -0.05) is 60.7 Å². The fourth-order valence-corrected chi connectivity index (χ4v) is 3.44. The van der Waals surface area contributed by atoms with Crippen LogP contribution in [-0.4, -0.2) is 6.61 Å². The molecule has 0 saturated carbocycles. The van der Waals surface area contributed by atoms with Crippen LogP contribution in [0.3, 0.4) is 0 Å². The molecule has 1 heterocycles. The van der Waals surface area contributed by atoms with Crippen LogP contribution in [-0.2, 0) is 17.6 Å². The van der Waals surface area contributed by atoms with Crippen molar-refractivity contribution in [1.29, 1.82) is 0 Å². The van der Waals surface area contributed by atoms with E-state index in [0.717, 1.165) is 16.7 Å². The largest absolute Gasteiger partial charge is 0.368 e. The third-order valence-corrected chi connectivity index (χ3v) is 5.18. The first-order valence-electron chi connectivity index (χ1n) is 9.66. The second-order valence-corrected chi connectivity index (χ2v) is 7.20. The summed E-state index contributed by atoms with van der Waals surface area (Å²) >= 11 is 0. The van der Waals surface area contributed by atoms with Gasteiger partial charge in [0.2, 0.25) is 0 Å². The summed E-state index contributed by atoms with van der Waals surface area (Å²) in [5, 5.41) is 0. The highest BCUT2D eigenvalue weighted by Gasteiger charge is 2.25. The summed E-state index contributed by atoms with van der Waals surface area (Å²) < 4.78 is 47.9. The molecule has 1 unspecified atom stereocenters. The first kappa shape index (κ1) is 19.5. The molecule has 0 aliphatic carbocycles. The van der Waals surface area contributed by atoms with Gasteiger partial charge in [-0.2, -0.15) is 0 Å². The summed E-state index contributed by atoms with van der Waals surface area (Å²) in [6, 6.07) is 15.9. The van der Waals surface area contributed by atoms with Crippen LogP contribution in [0.15, 0.2) is 60.7 Å². The van der Waals surface area contributed by atoms with Crippen LogP contribution in [0, 0.1) is 17.5 Å². The second kappa shape index (κ2) is 8.26. The molecule has 0 amide bonds. The Morgan fingerprint density at radius 1 is 0.931 bits per heavy atom. The molecule has 0 radical (unpaired) electrons.